The summed E-state index contributed by atoms with van der Waals surface area (Å²) in [7, 11) is 0. The number of amidine groups is 1. The summed E-state index contributed by atoms with van der Waals surface area (Å²) < 4.78 is 13.5. The van der Waals surface area contributed by atoms with Crippen LogP contribution in [-0.4, -0.2) is 11.5 Å². The van der Waals surface area contributed by atoms with Gasteiger partial charge in [-0.05, 0) is 6.07 Å². The molecule has 0 bridgehead atoms. The number of benzene rings is 1. The summed E-state index contributed by atoms with van der Waals surface area (Å²) in [6.45, 7) is 1.97. The van der Waals surface area contributed by atoms with E-state index in [-0.39, 0.29) is 11.7 Å². The maximum absolute atomic E-state index is 13.5. The second kappa shape index (κ2) is 3.81. The van der Waals surface area contributed by atoms with E-state index in [4.69, 9.17) is 5.73 Å². The summed E-state index contributed by atoms with van der Waals surface area (Å²) >= 11 is 0. The lowest BCUT2D eigenvalue weighted by atomic mass is 9.94. The molecule has 4 heteroatoms. The molecule has 1 aliphatic heterocycles. The highest BCUT2D eigenvalue weighted by atomic mass is 19.1. The highest BCUT2D eigenvalue weighted by molar-refractivity contribution is 6.05. The van der Waals surface area contributed by atoms with Crippen LogP contribution in [0.25, 0.3) is 0 Å². The van der Waals surface area contributed by atoms with Gasteiger partial charge in [0.2, 0.25) is 0 Å². The minimum atomic E-state index is -0.265. The van der Waals surface area contributed by atoms with E-state index in [1.54, 1.807) is 18.2 Å². The van der Waals surface area contributed by atoms with Gasteiger partial charge in [0.05, 0.1) is 5.71 Å². The van der Waals surface area contributed by atoms with Crippen LogP contribution < -0.4 is 5.73 Å². The molecular formula is C11H12FN3. The second-order valence-electron chi connectivity index (χ2n) is 3.66. The van der Waals surface area contributed by atoms with Crippen LogP contribution in [0.2, 0.25) is 0 Å². The average Bonchev–Trinajstić information content (AvgIpc) is 2.20. The fourth-order valence-corrected chi connectivity index (χ4v) is 1.66. The number of halogens is 1. The first-order valence-electron chi connectivity index (χ1n) is 4.83. The Bertz CT molecular complexity index is 437. The SMILES string of the molecule is CC1CC(N)=NN=C1c1ccccc1F. The Kier molecular flexibility index (Phi) is 2.49. The van der Waals surface area contributed by atoms with Crippen molar-refractivity contribution in [3.05, 3.63) is 35.6 Å². The van der Waals surface area contributed by atoms with Gasteiger partial charge in [0.15, 0.2) is 0 Å². The van der Waals surface area contributed by atoms with Crippen LogP contribution in [0.4, 0.5) is 4.39 Å². The molecule has 1 aromatic rings. The zero-order valence-electron chi connectivity index (χ0n) is 8.44. The van der Waals surface area contributed by atoms with Gasteiger partial charge in [-0.3, -0.25) is 0 Å². The summed E-state index contributed by atoms with van der Waals surface area (Å²) in [4.78, 5) is 0. The van der Waals surface area contributed by atoms with E-state index in [1.165, 1.54) is 6.07 Å². The smallest absolute Gasteiger partial charge is 0.132 e. The third kappa shape index (κ3) is 1.88. The van der Waals surface area contributed by atoms with Gasteiger partial charge in [-0.25, -0.2) is 4.39 Å². The topological polar surface area (TPSA) is 50.7 Å². The fraction of sp³-hybridized carbons (Fsp3) is 0.273. The minimum Gasteiger partial charge on any atom is -0.386 e. The van der Waals surface area contributed by atoms with E-state index in [9.17, 15) is 4.39 Å². The van der Waals surface area contributed by atoms with Crippen molar-refractivity contribution in [1.82, 2.24) is 0 Å². The predicted molar refractivity (Wildman–Crippen MR) is 58.3 cm³/mol. The molecule has 1 unspecified atom stereocenters. The molecule has 0 amide bonds. The van der Waals surface area contributed by atoms with Gasteiger partial charge in [-0.1, -0.05) is 25.1 Å². The van der Waals surface area contributed by atoms with Gasteiger partial charge >= 0.3 is 0 Å². The fourth-order valence-electron chi connectivity index (χ4n) is 1.66. The standard InChI is InChI=1S/C11H12FN3/c1-7-6-10(13)14-15-11(7)8-4-2-3-5-9(8)12/h2-5,7H,6H2,1H3,(H2,13,14). The van der Waals surface area contributed by atoms with E-state index in [0.717, 1.165) is 0 Å². The van der Waals surface area contributed by atoms with Gasteiger partial charge in [-0.15, -0.1) is 5.10 Å². The van der Waals surface area contributed by atoms with Crippen molar-refractivity contribution in [2.45, 2.75) is 13.3 Å². The maximum Gasteiger partial charge on any atom is 0.132 e. The number of hydrogen-bond donors (Lipinski definition) is 1. The molecule has 78 valence electrons. The Morgan fingerprint density at radius 1 is 1.33 bits per heavy atom. The monoisotopic (exact) mass is 205 g/mol. The summed E-state index contributed by atoms with van der Waals surface area (Å²) in [6.07, 6.45) is 0.632. The Morgan fingerprint density at radius 2 is 2.07 bits per heavy atom. The first kappa shape index (κ1) is 9.83. The maximum atomic E-state index is 13.5. The van der Waals surface area contributed by atoms with Crippen molar-refractivity contribution in [3.63, 3.8) is 0 Å². The Balaban J connectivity index is 2.44. The highest BCUT2D eigenvalue weighted by Crippen LogP contribution is 2.19. The lowest BCUT2D eigenvalue weighted by molar-refractivity contribution is 0.621. The van der Waals surface area contributed by atoms with Crippen LogP contribution in [0.1, 0.15) is 18.9 Å². The Hall–Kier alpha value is -1.71. The molecule has 1 aliphatic rings. The summed E-state index contributed by atoms with van der Waals surface area (Å²) in [5.41, 5.74) is 6.74. The van der Waals surface area contributed by atoms with Crippen molar-refractivity contribution in [3.8, 4) is 0 Å². The van der Waals surface area contributed by atoms with Crippen molar-refractivity contribution in [2.24, 2.45) is 21.9 Å². The van der Waals surface area contributed by atoms with Crippen LogP contribution in [0, 0.1) is 11.7 Å². The van der Waals surface area contributed by atoms with Crippen molar-refractivity contribution in [1.29, 1.82) is 0 Å². The normalized spacial score (nSPS) is 20.8. The van der Waals surface area contributed by atoms with Crippen LogP contribution in [0.5, 0.6) is 0 Å². The first-order chi connectivity index (χ1) is 7.18. The van der Waals surface area contributed by atoms with E-state index in [1.807, 2.05) is 6.92 Å². The summed E-state index contributed by atoms with van der Waals surface area (Å²) in [6, 6.07) is 6.58. The van der Waals surface area contributed by atoms with Gasteiger partial charge in [0.25, 0.3) is 0 Å². The Morgan fingerprint density at radius 3 is 2.73 bits per heavy atom. The van der Waals surface area contributed by atoms with Crippen LogP contribution in [-0.2, 0) is 0 Å². The lowest BCUT2D eigenvalue weighted by Crippen LogP contribution is -2.25. The van der Waals surface area contributed by atoms with E-state index in [2.05, 4.69) is 10.2 Å². The molecule has 0 aliphatic carbocycles. The molecule has 1 heterocycles. The van der Waals surface area contributed by atoms with Gasteiger partial charge in [0.1, 0.15) is 11.7 Å². The minimum absolute atomic E-state index is 0.111. The van der Waals surface area contributed by atoms with Gasteiger partial charge < -0.3 is 5.73 Å². The zero-order valence-corrected chi connectivity index (χ0v) is 8.44. The van der Waals surface area contributed by atoms with Gasteiger partial charge in [-0.2, -0.15) is 5.10 Å². The van der Waals surface area contributed by atoms with Crippen molar-refractivity contribution in [2.75, 3.05) is 0 Å². The molecule has 2 N–H and O–H groups in total. The van der Waals surface area contributed by atoms with Gasteiger partial charge in [0, 0.05) is 17.9 Å². The molecule has 0 saturated heterocycles. The molecule has 0 fully saturated rings. The zero-order chi connectivity index (χ0) is 10.8. The predicted octanol–water partition coefficient (Wildman–Crippen LogP) is 1.93. The number of nitrogens with two attached hydrogens (primary N) is 1. The quantitative estimate of drug-likeness (QED) is 0.748. The molecule has 0 aromatic heterocycles. The summed E-state index contributed by atoms with van der Waals surface area (Å²) in [5.74, 6) is 0.348. The lowest BCUT2D eigenvalue weighted by Gasteiger charge is -2.17. The van der Waals surface area contributed by atoms with Crippen LogP contribution in [0.15, 0.2) is 34.5 Å². The number of rotatable bonds is 1. The van der Waals surface area contributed by atoms with E-state index < -0.39 is 0 Å². The van der Waals surface area contributed by atoms with Crippen molar-refractivity contribution < 1.29 is 4.39 Å². The van der Waals surface area contributed by atoms with E-state index >= 15 is 0 Å². The van der Waals surface area contributed by atoms with E-state index in [0.29, 0.717) is 23.5 Å². The van der Waals surface area contributed by atoms with Crippen LogP contribution in [0.3, 0.4) is 0 Å². The van der Waals surface area contributed by atoms with Crippen LogP contribution >= 0.6 is 0 Å². The average molecular weight is 205 g/mol. The molecular weight excluding hydrogens is 193 g/mol. The first-order valence-corrected chi connectivity index (χ1v) is 4.83. The third-order valence-corrected chi connectivity index (χ3v) is 2.42. The van der Waals surface area contributed by atoms with Crippen molar-refractivity contribution >= 4 is 11.5 Å². The third-order valence-electron chi connectivity index (χ3n) is 2.42. The molecule has 15 heavy (non-hydrogen) atoms. The summed E-state index contributed by atoms with van der Waals surface area (Å²) in [5, 5.41) is 7.76. The molecule has 0 saturated carbocycles. The Labute approximate surface area is 87.5 Å². The molecule has 3 nitrogen and oxygen atoms in total. The molecule has 0 spiro atoms. The largest absolute Gasteiger partial charge is 0.386 e. The number of nitrogens with zero attached hydrogens (tertiary/aromatic N) is 2. The molecule has 1 aromatic carbocycles. The molecule has 2 rings (SSSR count). The molecule has 1 atom stereocenters. The molecule has 0 radical (unpaired) electrons. The highest BCUT2D eigenvalue weighted by Gasteiger charge is 2.20. The number of hydrogen-bond acceptors (Lipinski definition) is 3. The second-order valence-corrected chi connectivity index (χ2v) is 3.66.